The van der Waals surface area contributed by atoms with Crippen LogP contribution in [0, 0.1) is 17.8 Å². The third kappa shape index (κ3) is 7.53. The van der Waals surface area contributed by atoms with E-state index in [0.717, 1.165) is 21.3 Å². The van der Waals surface area contributed by atoms with Gasteiger partial charge in [-0.15, -0.1) is 0 Å². The number of carbonyl (C=O) groups is 5. The van der Waals surface area contributed by atoms with Crippen LogP contribution in [0.3, 0.4) is 0 Å². The summed E-state index contributed by atoms with van der Waals surface area (Å²) in [4.78, 5) is 60.4. The van der Waals surface area contributed by atoms with Gasteiger partial charge >= 0.3 is 17.9 Å². The summed E-state index contributed by atoms with van der Waals surface area (Å²) >= 11 is 0. The minimum absolute atomic E-state index is 0.0782. The summed E-state index contributed by atoms with van der Waals surface area (Å²) in [7, 11) is 3.29. The molecule has 10 heteroatoms. The van der Waals surface area contributed by atoms with E-state index in [1.807, 2.05) is 13.8 Å². The molecule has 10 nitrogen and oxygen atoms in total. The predicted molar refractivity (Wildman–Crippen MR) is 97.7 cm³/mol. The smallest absolute Gasteiger partial charge is 0.328 e. The molecular formula is C18H30N2O8. The van der Waals surface area contributed by atoms with Crippen LogP contribution in [0.4, 0.5) is 0 Å². The molecule has 0 aliphatic rings. The van der Waals surface area contributed by atoms with Gasteiger partial charge in [0.05, 0.1) is 21.3 Å². The van der Waals surface area contributed by atoms with Gasteiger partial charge in [-0.05, 0) is 12.3 Å². The summed E-state index contributed by atoms with van der Waals surface area (Å²) < 4.78 is 13.9. The van der Waals surface area contributed by atoms with Crippen molar-refractivity contribution in [2.24, 2.45) is 17.8 Å². The maximum Gasteiger partial charge on any atom is 0.328 e. The third-order valence-electron chi connectivity index (χ3n) is 4.12. The predicted octanol–water partition coefficient (Wildman–Crippen LogP) is -0.207. The van der Waals surface area contributed by atoms with Gasteiger partial charge in [-0.2, -0.15) is 0 Å². The highest BCUT2D eigenvalue weighted by molar-refractivity contribution is 5.97. The Morgan fingerprint density at radius 2 is 1.25 bits per heavy atom. The second kappa shape index (κ2) is 11.9. The molecule has 0 aromatic heterocycles. The van der Waals surface area contributed by atoms with Gasteiger partial charge in [-0.3, -0.25) is 19.2 Å². The summed E-state index contributed by atoms with van der Waals surface area (Å²) in [5.41, 5.74) is 0. The number of carbonyl (C=O) groups excluding carboxylic acids is 5. The molecule has 2 N–H and O–H groups in total. The van der Waals surface area contributed by atoms with Crippen LogP contribution in [0.25, 0.3) is 0 Å². The first-order valence-electron chi connectivity index (χ1n) is 8.81. The zero-order chi connectivity index (χ0) is 22.0. The lowest BCUT2D eigenvalue weighted by Gasteiger charge is -2.29. The van der Waals surface area contributed by atoms with Crippen LogP contribution in [0.15, 0.2) is 0 Å². The Balaban J connectivity index is 5.73. The van der Waals surface area contributed by atoms with Gasteiger partial charge in [0.15, 0.2) is 5.92 Å². The fraction of sp³-hybridized carbons (Fsp3) is 0.722. The molecule has 2 amide bonds. The lowest BCUT2D eigenvalue weighted by Crippen LogP contribution is -2.56. The van der Waals surface area contributed by atoms with Gasteiger partial charge in [0, 0.05) is 12.8 Å². The molecule has 0 rings (SSSR count). The van der Waals surface area contributed by atoms with Crippen molar-refractivity contribution < 1.29 is 38.2 Å². The van der Waals surface area contributed by atoms with Gasteiger partial charge in [0.2, 0.25) is 11.8 Å². The Labute approximate surface area is 164 Å². The second-order valence-corrected chi connectivity index (χ2v) is 6.78. The van der Waals surface area contributed by atoms with Gasteiger partial charge < -0.3 is 24.8 Å². The molecule has 0 aliphatic heterocycles. The lowest BCUT2D eigenvalue weighted by atomic mass is 9.87. The van der Waals surface area contributed by atoms with Crippen LogP contribution in [0.2, 0.25) is 0 Å². The molecule has 0 aliphatic carbocycles. The zero-order valence-corrected chi connectivity index (χ0v) is 17.4. The lowest BCUT2D eigenvalue weighted by molar-refractivity contribution is -0.163. The normalized spacial score (nSPS) is 13.9. The van der Waals surface area contributed by atoms with E-state index >= 15 is 0 Å². The Bertz CT molecular complexity index is 574. The summed E-state index contributed by atoms with van der Waals surface area (Å²) in [6.07, 6.45) is 0.325. The number of esters is 3. The van der Waals surface area contributed by atoms with Crippen LogP contribution in [-0.2, 0) is 38.2 Å². The first kappa shape index (κ1) is 25.4. The molecular weight excluding hydrogens is 372 g/mol. The highest BCUT2D eigenvalue weighted by Gasteiger charge is 2.43. The Kier molecular flexibility index (Phi) is 10.8. The van der Waals surface area contributed by atoms with E-state index in [4.69, 9.17) is 4.74 Å². The van der Waals surface area contributed by atoms with Crippen molar-refractivity contribution in [3.8, 4) is 0 Å². The SMILES string of the molecule is COC(=O)C(C(=O)OC)[C@H](C)[C@H](NC(=O)[C@H](CC(C)C)NC(C)=O)C(=O)OC. The van der Waals surface area contributed by atoms with Crippen molar-refractivity contribution in [2.75, 3.05) is 21.3 Å². The standard InChI is InChI=1S/C18H30N2O8/c1-9(2)8-12(19-11(4)21)15(22)20-14(18(25)28-7)10(3)13(16(23)26-5)17(24)27-6/h9-10,12-14H,8H2,1-7H3,(H,19,21)(H,20,22)/t10-,12-,14-/m0/s1. The van der Waals surface area contributed by atoms with E-state index < -0.39 is 53.6 Å². The molecule has 0 radical (unpaired) electrons. The number of ether oxygens (including phenoxy) is 3. The van der Waals surface area contributed by atoms with Crippen LogP contribution in [0.5, 0.6) is 0 Å². The number of methoxy groups -OCH3 is 3. The maximum absolute atomic E-state index is 12.7. The van der Waals surface area contributed by atoms with E-state index in [0.29, 0.717) is 6.42 Å². The van der Waals surface area contributed by atoms with Gasteiger partial charge in [0.25, 0.3) is 0 Å². The van der Waals surface area contributed by atoms with Crippen LogP contribution in [-0.4, -0.2) is 63.1 Å². The highest BCUT2D eigenvalue weighted by atomic mass is 16.5. The largest absolute Gasteiger partial charge is 0.468 e. The van der Waals surface area contributed by atoms with Crippen LogP contribution in [0.1, 0.15) is 34.1 Å². The van der Waals surface area contributed by atoms with E-state index in [9.17, 15) is 24.0 Å². The Morgan fingerprint density at radius 1 is 0.786 bits per heavy atom. The summed E-state index contributed by atoms with van der Waals surface area (Å²) in [6.45, 7) is 6.42. The molecule has 0 fully saturated rings. The third-order valence-corrected chi connectivity index (χ3v) is 4.12. The molecule has 0 unspecified atom stereocenters. The first-order chi connectivity index (χ1) is 13.0. The Hall–Kier alpha value is -2.65. The fourth-order valence-corrected chi connectivity index (χ4v) is 2.71. The fourth-order valence-electron chi connectivity index (χ4n) is 2.71. The number of rotatable bonds is 10. The van der Waals surface area contributed by atoms with Gasteiger partial charge in [-0.25, -0.2) is 4.79 Å². The summed E-state index contributed by atoms with van der Waals surface area (Å²) in [5.74, 6) is -6.15. The monoisotopic (exact) mass is 402 g/mol. The minimum atomic E-state index is -1.45. The van der Waals surface area contributed by atoms with Crippen molar-refractivity contribution in [1.82, 2.24) is 10.6 Å². The van der Waals surface area contributed by atoms with Crippen molar-refractivity contribution >= 4 is 29.7 Å². The number of amides is 2. The molecule has 0 aromatic carbocycles. The van der Waals surface area contributed by atoms with Crippen LogP contribution < -0.4 is 10.6 Å². The van der Waals surface area contributed by atoms with E-state index in [1.165, 1.54) is 13.8 Å². The molecule has 0 aromatic rings. The zero-order valence-electron chi connectivity index (χ0n) is 17.4. The number of hydrogen-bond acceptors (Lipinski definition) is 8. The number of hydrogen-bond donors (Lipinski definition) is 2. The van der Waals surface area contributed by atoms with E-state index in [-0.39, 0.29) is 5.92 Å². The molecule has 0 saturated carbocycles. The Morgan fingerprint density at radius 3 is 1.61 bits per heavy atom. The topological polar surface area (TPSA) is 137 Å². The van der Waals surface area contributed by atoms with Crippen molar-refractivity contribution in [3.05, 3.63) is 0 Å². The molecule has 0 heterocycles. The average Bonchev–Trinajstić information content (AvgIpc) is 2.63. The van der Waals surface area contributed by atoms with Gasteiger partial charge in [0.1, 0.15) is 12.1 Å². The number of nitrogens with one attached hydrogen (secondary N) is 2. The van der Waals surface area contributed by atoms with Crippen molar-refractivity contribution in [2.45, 2.75) is 46.2 Å². The molecule has 0 spiro atoms. The van der Waals surface area contributed by atoms with Crippen LogP contribution >= 0.6 is 0 Å². The summed E-state index contributed by atoms with van der Waals surface area (Å²) in [6, 6.07) is -2.24. The highest BCUT2D eigenvalue weighted by Crippen LogP contribution is 2.21. The minimum Gasteiger partial charge on any atom is -0.468 e. The maximum atomic E-state index is 12.7. The van der Waals surface area contributed by atoms with Crippen molar-refractivity contribution in [1.29, 1.82) is 0 Å². The molecule has 28 heavy (non-hydrogen) atoms. The van der Waals surface area contributed by atoms with Gasteiger partial charge in [-0.1, -0.05) is 20.8 Å². The van der Waals surface area contributed by atoms with E-state index in [2.05, 4.69) is 20.1 Å². The molecule has 3 atom stereocenters. The first-order valence-corrected chi connectivity index (χ1v) is 8.81. The molecule has 160 valence electrons. The van der Waals surface area contributed by atoms with Crippen molar-refractivity contribution in [3.63, 3.8) is 0 Å². The van der Waals surface area contributed by atoms with E-state index in [1.54, 1.807) is 0 Å². The summed E-state index contributed by atoms with van der Waals surface area (Å²) in [5, 5.41) is 5.00. The molecule has 0 saturated heterocycles. The quantitative estimate of drug-likeness (QED) is 0.291. The second-order valence-electron chi connectivity index (χ2n) is 6.78. The average molecular weight is 402 g/mol. The molecule has 0 bridgehead atoms.